The molecule has 1 aromatic heterocycles. The average Bonchev–Trinajstić information content (AvgIpc) is 2.69. The highest BCUT2D eigenvalue weighted by molar-refractivity contribution is 5.94. The molecule has 5 nitrogen and oxygen atoms in total. The molecule has 0 fully saturated rings. The summed E-state index contributed by atoms with van der Waals surface area (Å²) in [7, 11) is 0. The highest BCUT2D eigenvalue weighted by atomic mass is 19.3. The Bertz CT molecular complexity index is 1200. The fourth-order valence-corrected chi connectivity index (χ4v) is 3.02. The van der Waals surface area contributed by atoms with Crippen molar-refractivity contribution in [3.05, 3.63) is 93.4 Å². The molecule has 3 aromatic rings. The number of benzene rings is 2. The van der Waals surface area contributed by atoms with Crippen LogP contribution in [0.4, 0.5) is 23.2 Å². The third kappa shape index (κ3) is 4.93. The highest BCUT2D eigenvalue weighted by Gasteiger charge is 2.26. The molecule has 1 heterocycles. The third-order valence-corrected chi connectivity index (χ3v) is 4.67. The molecule has 1 amide bonds. The first-order valence-corrected chi connectivity index (χ1v) is 9.23. The van der Waals surface area contributed by atoms with E-state index in [0.29, 0.717) is 5.56 Å². The molecule has 3 N–H and O–H groups in total. The van der Waals surface area contributed by atoms with Gasteiger partial charge in [-0.2, -0.15) is 0 Å². The van der Waals surface area contributed by atoms with Crippen LogP contribution in [-0.4, -0.2) is 10.5 Å². The zero-order chi connectivity index (χ0) is 22.9. The molecule has 0 radical (unpaired) electrons. The number of rotatable bonds is 5. The van der Waals surface area contributed by atoms with Crippen molar-refractivity contribution in [3.63, 3.8) is 0 Å². The number of hydrogen-bond acceptors (Lipinski definition) is 3. The maximum atomic E-state index is 14.1. The molecule has 2 aromatic carbocycles. The molecule has 0 saturated heterocycles. The van der Waals surface area contributed by atoms with Crippen molar-refractivity contribution < 1.29 is 22.4 Å². The molecule has 0 bridgehead atoms. The Morgan fingerprint density at radius 3 is 2.48 bits per heavy atom. The number of nitrogens with two attached hydrogens (primary N) is 1. The highest BCUT2D eigenvalue weighted by Crippen LogP contribution is 2.31. The lowest BCUT2D eigenvalue weighted by Crippen LogP contribution is -2.29. The molecule has 1 atom stereocenters. The Balaban J connectivity index is 1.90. The van der Waals surface area contributed by atoms with Gasteiger partial charge in [-0.05, 0) is 48.9 Å². The maximum Gasteiger partial charge on any atom is 0.270 e. The third-order valence-electron chi connectivity index (χ3n) is 4.67. The molecule has 162 valence electrons. The van der Waals surface area contributed by atoms with Crippen LogP contribution in [0.15, 0.2) is 59.5 Å². The Kier molecular flexibility index (Phi) is 5.88. The molecule has 0 aliphatic carbocycles. The van der Waals surface area contributed by atoms with Gasteiger partial charge in [-0.25, -0.2) is 17.6 Å². The number of nitrogen functional groups attached to an aromatic ring is 1. The van der Waals surface area contributed by atoms with Crippen molar-refractivity contribution >= 4 is 11.6 Å². The summed E-state index contributed by atoms with van der Waals surface area (Å²) in [5, 5.41) is 2.62. The smallest absolute Gasteiger partial charge is 0.270 e. The number of anilines is 1. The predicted molar refractivity (Wildman–Crippen MR) is 108 cm³/mol. The molecule has 3 rings (SSSR count). The van der Waals surface area contributed by atoms with Crippen molar-refractivity contribution in [3.8, 4) is 5.69 Å². The topological polar surface area (TPSA) is 77.1 Å². The Hall–Kier alpha value is -3.62. The van der Waals surface area contributed by atoms with Gasteiger partial charge in [0, 0.05) is 36.5 Å². The van der Waals surface area contributed by atoms with E-state index in [0.717, 1.165) is 48.0 Å². The fourth-order valence-electron chi connectivity index (χ4n) is 3.02. The van der Waals surface area contributed by atoms with Gasteiger partial charge in [-0.3, -0.25) is 14.2 Å². The normalized spacial score (nSPS) is 12.5. The lowest BCUT2D eigenvalue weighted by atomic mass is 10.0. The Morgan fingerprint density at radius 1 is 1.10 bits per heavy atom. The van der Waals surface area contributed by atoms with Crippen molar-refractivity contribution in [2.24, 2.45) is 0 Å². The van der Waals surface area contributed by atoms with Gasteiger partial charge in [0.1, 0.15) is 11.6 Å². The summed E-state index contributed by atoms with van der Waals surface area (Å²) < 4.78 is 55.7. The first-order chi connectivity index (χ1) is 14.5. The average molecular weight is 433 g/mol. The molecule has 0 aliphatic heterocycles. The van der Waals surface area contributed by atoms with E-state index in [1.165, 1.54) is 18.2 Å². The summed E-state index contributed by atoms with van der Waals surface area (Å²) in [6.45, 7) is 2.32. The number of amides is 1. The minimum Gasteiger partial charge on any atom is -0.399 e. The standard InChI is InChI=1S/C22H19F4N3O2/c1-12(14-7-15(22(2,25)26)9-17(27)8-14)28-21(31)13-3-6-20(30)29(11-13)19-10-16(23)4-5-18(19)24/h3-12H,27H2,1-2H3,(H,28,31)/t12-/m1/s1. The van der Waals surface area contributed by atoms with Crippen molar-refractivity contribution in [2.75, 3.05) is 5.73 Å². The van der Waals surface area contributed by atoms with Gasteiger partial charge in [0.05, 0.1) is 17.3 Å². The second-order valence-corrected chi connectivity index (χ2v) is 7.19. The Morgan fingerprint density at radius 2 is 1.81 bits per heavy atom. The number of carbonyl (C=O) groups excluding carboxylic acids is 1. The van der Waals surface area contributed by atoms with E-state index in [1.807, 2.05) is 0 Å². The van der Waals surface area contributed by atoms with Gasteiger partial charge in [-0.15, -0.1) is 0 Å². The molecule has 0 unspecified atom stereocenters. The van der Waals surface area contributed by atoms with Crippen LogP contribution in [0.2, 0.25) is 0 Å². The van der Waals surface area contributed by atoms with Crippen LogP contribution in [-0.2, 0) is 5.92 Å². The van der Waals surface area contributed by atoms with Crippen LogP contribution in [0.25, 0.3) is 5.69 Å². The van der Waals surface area contributed by atoms with E-state index >= 15 is 0 Å². The van der Waals surface area contributed by atoms with Crippen LogP contribution in [0, 0.1) is 11.6 Å². The number of carbonyl (C=O) groups is 1. The summed E-state index contributed by atoms with van der Waals surface area (Å²) in [5.41, 5.74) is 4.86. The minimum atomic E-state index is -3.11. The van der Waals surface area contributed by atoms with Gasteiger partial charge in [0.15, 0.2) is 0 Å². The summed E-state index contributed by atoms with van der Waals surface area (Å²) in [6, 6.07) is 8.02. The molecule has 0 spiro atoms. The SMILES string of the molecule is C[C@@H](NC(=O)c1ccc(=O)n(-c2cc(F)ccc2F)c1)c1cc(N)cc(C(C)(F)F)c1. The van der Waals surface area contributed by atoms with Crippen LogP contribution in [0.3, 0.4) is 0 Å². The largest absolute Gasteiger partial charge is 0.399 e. The number of aromatic nitrogens is 1. The summed E-state index contributed by atoms with van der Waals surface area (Å²) in [5.74, 6) is -5.36. The zero-order valence-corrected chi connectivity index (χ0v) is 16.6. The monoisotopic (exact) mass is 433 g/mol. The first-order valence-electron chi connectivity index (χ1n) is 9.23. The van der Waals surface area contributed by atoms with Gasteiger partial charge in [0.2, 0.25) is 0 Å². The fraction of sp³-hybridized carbons (Fsp3) is 0.182. The van der Waals surface area contributed by atoms with E-state index in [9.17, 15) is 27.2 Å². The Labute approximate surface area is 175 Å². The van der Waals surface area contributed by atoms with Crippen LogP contribution >= 0.6 is 0 Å². The number of hydrogen-bond donors (Lipinski definition) is 2. The molecule has 9 heteroatoms. The van der Waals surface area contributed by atoms with Gasteiger partial charge >= 0.3 is 0 Å². The van der Waals surface area contributed by atoms with Gasteiger partial charge in [-0.1, -0.05) is 0 Å². The molecular weight excluding hydrogens is 414 g/mol. The van der Waals surface area contributed by atoms with Crippen LogP contribution in [0.5, 0.6) is 0 Å². The molecule has 0 aliphatic rings. The van der Waals surface area contributed by atoms with E-state index in [1.54, 1.807) is 6.92 Å². The van der Waals surface area contributed by atoms with E-state index in [4.69, 9.17) is 5.73 Å². The van der Waals surface area contributed by atoms with Crippen molar-refractivity contribution in [1.82, 2.24) is 9.88 Å². The summed E-state index contributed by atoms with van der Waals surface area (Å²) >= 11 is 0. The first kappa shape index (κ1) is 22.1. The van der Waals surface area contributed by atoms with Crippen LogP contribution < -0.4 is 16.6 Å². The van der Waals surface area contributed by atoms with E-state index in [-0.39, 0.29) is 22.5 Å². The lowest BCUT2D eigenvalue weighted by Gasteiger charge is -2.19. The van der Waals surface area contributed by atoms with Crippen molar-refractivity contribution in [1.29, 1.82) is 0 Å². The molecule has 0 saturated carbocycles. The van der Waals surface area contributed by atoms with Crippen molar-refractivity contribution in [2.45, 2.75) is 25.8 Å². The summed E-state index contributed by atoms with van der Waals surface area (Å²) in [6.07, 6.45) is 1.08. The second kappa shape index (κ2) is 8.25. The quantitative estimate of drug-likeness (QED) is 0.465. The number of nitrogens with zero attached hydrogens (tertiary/aromatic N) is 1. The van der Waals surface area contributed by atoms with Gasteiger partial charge < -0.3 is 11.1 Å². The number of alkyl halides is 2. The number of pyridine rings is 1. The second-order valence-electron chi connectivity index (χ2n) is 7.19. The van der Waals surface area contributed by atoms with E-state index < -0.39 is 35.1 Å². The number of nitrogens with one attached hydrogen (secondary N) is 1. The zero-order valence-electron chi connectivity index (χ0n) is 16.6. The van der Waals surface area contributed by atoms with Crippen LogP contribution in [0.1, 0.15) is 41.4 Å². The predicted octanol–water partition coefficient (Wildman–Crippen LogP) is 4.30. The maximum absolute atomic E-state index is 14.1. The van der Waals surface area contributed by atoms with Gasteiger partial charge in [0.25, 0.3) is 17.4 Å². The summed E-state index contributed by atoms with van der Waals surface area (Å²) in [4.78, 5) is 24.8. The minimum absolute atomic E-state index is 0.0138. The van der Waals surface area contributed by atoms with E-state index in [2.05, 4.69) is 5.32 Å². The molecular formula is C22H19F4N3O2. The molecule has 31 heavy (non-hydrogen) atoms. The number of halogens is 4. The lowest BCUT2D eigenvalue weighted by molar-refractivity contribution is 0.0174.